The maximum absolute atomic E-state index is 15.0. The van der Waals surface area contributed by atoms with Crippen molar-refractivity contribution < 1.29 is 22.4 Å². The molecule has 0 aliphatic carbocycles. The van der Waals surface area contributed by atoms with Crippen LogP contribution in [0.25, 0.3) is 11.4 Å². The van der Waals surface area contributed by atoms with Crippen LogP contribution >= 0.6 is 0 Å². The van der Waals surface area contributed by atoms with Crippen LogP contribution in [0.3, 0.4) is 0 Å². The monoisotopic (exact) mass is 501 g/mol. The van der Waals surface area contributed by atoms with Crippen molar-refractivity contribution in [2.24, 2.45) is 0 Å². The minimum atomic E-state index is -5.49. The summed E-state index contributed by atoms with van der Waals surface area (Å²) in [6.45, 7) is 1.17. The Hall–Kier alpha value is -4.68. The summed E-state index contributed by atoms with van der Waals surface area (Å²) < 4.78 is 59.7. The number of hydrogen-bond acceptors (Lipinski definition) is 4. The van der Waals surface area contributed by atoms with E-state index in [9.17, 15) is 36.7 Å². The summed E-state index contributed by atoms with van der Waals surface area (Å²) in [5.41, 5.74) is -10.1. The number of halogens is 4. The van der Waals surface area contributed by atoms with Crippen LogP contribution in [0, 0.1) is 12.7 Å². The largest absolute Gasteiger partial charge is 0.411 e. The average molecular weight is 501 g/mol. The summed E-state index contributed by atoms with van der Waals surface area (Å²) in [5.74, 6) is -3.20. The van der Waals surface area contributed by atoms with Crippen molar-refractivity contribution in [1.82, 2.24) is 19.3 Å². The zero-order chi connectivity index (χ0) is 26.0. The van der Waals surface area contributed by atoms with Gasteiger partial charge in [0, 0.05) is 5.69 Å². The number of hydrogen-bond donors (Lipinski definition) is 3. The third kappa shape index (κ3) is 3.01. The van der Waals surface area contributed by atoms with E-state index >= 15 is 0 Å². The van der Waals surface area contributed by atoms with Gasteiger partial charge in [-0.05, 0) is 43.3 Å². The third-order valence-electron chi connectivity index (χ3n) is 6.03. The molecule has 3 N–H and O–H groups in total. The summed E-state index contributed by atoms with van der Waals surface area (Å²) in [7, 11) is 0. The maximum atomic E-state index is 15.0. The van der Waals surface area contributed by atoms with Gasteiger partial charge in [-0.2, -0.15) is 13.2 Å². The number of alkyl halides is 3. The molecule has 184 valence electrons. The van der Waals surface area contributed by atoms with Gasteiger partial charge in [-0.15, -0.1) is 0 Å². The number of anilines is 1. The van der Waals surface area contributed by atoms with Crippen molar-refractivity contribution in [3.63, 3.8) is 0 Å². The normalized spacial score (nSPS) is 17.2. The molecule has 36 heavy (non-hydrogen) atoms. The quantitative estimate of drug-likeness (QED) is 0.373. The topological polar surface area (TPSA) is 122 Å². The van der Waals surface area contributed by atoms with Gasteiger partial charge in [-0.25, -0.2) is 18.4 Å². The molecule has 0 bridgehead atoms. The van der Waals surface area contributed by atoms with E-state index < -0.39 is 57.1 Å². The van der Waals surface area contributed by atoms with Gasteiger partial charge in [0.05, 0.1) is 22.5 Å². The molecule has 1 atom stereocenters. The first-order chi connectivity index (χ1) is 17.0. The number of rotatable bonds is 3. The van der Waals surface area contributed by atoms with E-state index in [-0.39, 0.29) is 17.1 Å². The Morgan fingerprint density at radius 1 is 0.861 bits per heavy atom. The molecule has 2 aromatic heterocycles. The molecule has 1 amide bonds. The fourth-order valence-electron chi connectivity index (χ4n) is 4.55. The number of para-hydroxylation sites is 1. The molecule has 4 aromatic rings. The van der Waals surface area contributed by atoms with Crippen LogP contribution in [0.15, 0.2) is 69.0 Å². The van der Waals surface area contributed by atoms with Crippen molar-refractivity contribution in [3.8, 4) is 11.4 Å². The van der Waals surface area contributed by atoms with Crippen molar-refractivity contribution in [2.75, 3.05) is 5.32 Å². The standard InChI is InChI=1S/C23H15F4N5O4/c1-11-15(19(34)32(30-11)14-5-3-2-4-6-14)22(23(25,26)27)16-17(28-20(22)35)31(21(36)29-18(16)33)13-9-7-12(24)8-10-13/h2-10,30H,1H3,(H,28,35)(H,29,33,36)/t22-/m0/s1. The van der Waals surface area contributed by atoms with Gasteiger partial charge < -0.3 is 5.32 Å². The molecule has 0 radical (unpaired) electrons. The Morgan fingerprint density at radius 3 is 2.11 bits per heavy atom. The number of aromatic amines is 2. The van der Waals surface area contributed by atoms with E-state index in [1.165, 1.54) is 19.1 Å². The molecule has 5 rings (SSSR count). The average Bonchev–Trinajstić information content (AvgIpc) is 3.28. The first kappa shape index (κ1) is 23.1. The number of carbonyl (C=O) groups excluding carboxylic acids is 1. The second-order valence-corrected chi connectivity index (χ2v) is 8.08. The lowest BCUT2D eigenvalue weighted by Gasteiger charge is -2.28. The van der Waals surface area contributed by atoms with Crippen molar-refractivity contribution in [3.05, 3.63) is 108 Å². The highest BCUT2D eigenvalue weighted by Crippen LogP contribution is 2.51. The fourth-order valence-corrected chi connectivity index (χ4v) is 4.55. The smallest absolute Gasteiger partial charge is 0.310 e. The number of aromatic nitrogens is 4. The second-order valence-electron chi connectivity index (χ2n) is 8.08. The first-order valence-corrected chi connectivity index (χ1v) is 10.4. The third-order valence-corrected chi connectivity index (χ3v) is 6.03. The van der Waals surface area contributed by atoms with E-state index in [1.54, 1.807) is 23.2 Å². The number of aryl methyl sites for hydroxylation is 1. The SMILES string of the molecule is Cc1[nH]n(-c2ccccc2)c(=O)c1[C@@]1(C(F)(F)F)C(=O)Nc2c1c(=O)[nH]c(=O)n2-c1ccc(F)cc1. The number of nitrogens with one attached hydrogen (secondary N) is 3. The molecular weight excluding hydrogens is 486 g/mol. The minimum absolute atomic E-state index is 0.125. The zero-order valence-corrected chi connectivity index (χ0v) is 18.2. The number of fused-ring (bicyclic) bond motifs is 1. The van der Waals surface area contributed by atoms with E-state index in [0.717, 1.165) is 28.9 Å². The molecule has 0 spiro atoms. The highest BCUT2D eigenvalue weighted by molar-refractivity contribution is 6.09. The first-order valence-electron chi connectivity index (χ1n) is 10.4. The lowest BCUT2D eigenvalue weighted by atomic mass is 9.75. The second kappa shape index (κ2) is 7.66. The van der Waals surface area contributed by atoms with Crippen LogP contribution in [0.1, 0.15) is 16.8 Å². The minimum Gasteiger partial charge on any atom is -0.310 e. The Kier molecular flexibility index (Phi) is 4.91. The highest BCUT2D eigenvalue weighted by atomic mass is 19.4. The van der Waals surface area contributed by atoms with E-state index in [1.807, 2.05) is 5.32 Å². The van der Waals surface area contributed by atoms with Gasteiger partial charge in [-0.1, -0.05) is 18.2 Å². The summed E-state index contributed by atoms with van der Waals surface area (Å²) >= 11 is 0. The fraction of sp³-hybridized carbons (Fsp3) is 0.130. The Labute approximate surface area is 197 Å². The lowest BCUT2D eigenvalue weighted by molar-refractivity contribution is -0.181. The van der Waals surface area contributed by atoms with Gasteiger partial charge >= 0.3 is 11.9 Å². The summed E-state index contributed by atoms with van der Waals surface area (Å²) in [6.07, 6.45) is -5.49. The molecule has 0 saturated heterocycles. The molecular formula is C23H15F4N5O4. The molecule has 0 saturated carbocycles. The zero-order valence-electron chi connectivity index (χ0n) is 18.2. The highest BCUT2D eigenvalue weighted by Gasteiger charge is 2.70. The molecule has 9 nitrogen and oxygen atoms in total. The van der Waals surface area contributed by atoms with Crippen LogP contribution in [0.2, 0.25) is 0 Å². The predicted molar refractivity (Wildman–Crippen MR) is 119 cm³/mol. The number of carbonyl (C=O) groups is 1. The maximum Gasteiger partial charge on any atom is 0.411 e. The number of benzene rings is 2. The molecule has 1 aliphatic heterocycles. The van der Waals surface area contributed by atoms with Crippen molar-refractivity contribution in [1.29, 1.82) is 0 Å². The number of amides is 1. The van der Waals surface area contributed by atoms with Crippen LogP contribution in [0.4, 0.5) is 23.4 Å². The molecule has 13 heteroatoms. The molecule has 0 fully saturated rings. The Bertz CT molecular complexity index is 1700. The number of nitrogens with zero attached hydrogens (tertiary/aromatic N) is 2. The van der Waals surface area contributed by atoms with Crippen LogP contribution in [0.5, 0.6) is 0 Å². The van der Waals surface area contributed by atoms with Gasteiger partial charge in [0.1, 0.15) is 11.6 Å². The summed E-state index contributed by atoms with van der Waals surface area (Å²) in [6, 6.07) is 11.7. The van der Waals surface area contributed by atoms with E-state index in [0.29, 0.717) is 4.57 Å². The van der Waals surface area contributed by atoms with Crippen molar-refractivity contribution >= 4 is 11.7 Å². The van der Waals surface area contributed by atoms with Crippen LogP contribution in [-0.2, 0) is 10.2 Å². The molecule has 1 aliphatic rings. The van der Waals surface area contributed by atoms with Gasteiger partial charge in [0.25, 0.3) is 17.0 Å². The molecule has 0 unspecified atom stereocenters. The number of H-pyrrole nitrogens is 2. The van der Waals surface area contributed by atoms with Crippen molar-refractivity contribution in [2.45, 2.75) is 18.5 Å². The van der Waals surface area contributed by atoms with Gasteiger partial charge in [0.15, 0.2) is 0 Å². The van der Waals surface area contributed by atoms with E-state index in [4.69, 9.17) is 0 Å². The van der Waals surface area contributed by atoms with Crippen LogP contribution < -0.4 is 22.1 Å². The summed E-state index contributed by atoms with van der Waals surface area (Å²) in [4.78, 5) is 53.9. The lowest BCUT2D eigenvalue weighted by Crippen LogP contribution is -2.54. The Morgan fingerprint density at radius 2 is 1.50 bits per heavy atom. The van der Waals surface area contributed by atoms with E-state index in [2.05, 4.69) is 5.10 Å². The molecule has 3 heterocycles. The van der Waals surface area contributed by atoms with Crippen LogP contribution in [-0.4, -0.2) is 31.4 Å². The van der Waals surface area contributed by atoms with Gasteiger partial charge in [0.2, 0.25) is 5.41 Å². The summed E-state index contributed by atoms with van der Waals surface area (Å²) in [5, 5.41) is 4.53. The predicted octanol–water partition coefficient (Wildman–Crippen LogP) is 2.25. The van der Waals surface area contributed by atoms with Gasteiger partial charge in [-0.3, -0.25) is 24.5 Å². The Balaban J connectivity index is 1.90. The molecule has 2 aromatic carbocycles.